The van der Waals surface area contributed by atoms with Gasteiger partial charge in [-0.15, -0.1) is 12.6 Å². The van der Waals surface area contributed by atoms with E-state index in [-0.39, 0.29) is 38.7 Å². The molecule has 0 bridgehead atoms. The van der Waals surface area contributed by atoms with Crippen molar-refractivity contribution in [2.45, 2.75) is 41.5 Å². The molecule has 11 heteroatoms. The zero-order chi connectivity index (χ0) is 30.6. The molecule has 0 radical (unpaired) electrons. The van der Waals surface area contributed by atoms with E-state index in [2.05, 4.69) is 28.4 Å². The first kappa shape index (κ1) is 33.8. The number of carbonyl (C=O) groups excluding carboxylic acids is 2. The fourth-order valence-electron chi connectivity index (χ4n) is 3.01. The Labute approximate surface area is 239 Å². The smallest absolute Gasteiger partial charge is 0.265 e. The largest absolute Gasteiger partial charge is 0.364 e. The van der Waals surface area contributed by atoms with E-state index < -0.39 is 23.5 Å². The zero-order valence-corrected chi connectivity index (χ0v) is 24.6. The highest BCUT2D eigenvalue weighted by Gasteiger charge is 2.18. The number of carbonyl (C=O) groups is 2. The number of hydrazone groups is 1. The van der Waals surface area contributed by atoms with Gasteiger partial charge in [-0.25, -0.2) is 8.78 Å². The third kappa shape index (κ3) is 10.5. The van der Waals surface area contributed by atoms with Crippen molar-refractivity contribution >= 4 is 42.2 Å². The minimum atomic E-state index is -0.824. The van der Waals surface area contributed by atoms with Crippen LogP contribution in [0.15, 0.2) is 81.4 Å². The number of hydrogen-bond acceptors (Lipinski definition) is 6. The quantitative estimate of drug-likeness (QED) is 0.0553. The molecule has 214 valence electrons. The van der Waals surface area contributed by atoms with Gasteiger partial charge in [0.25, 0.3) is 5.91 Å². The first-order valence-corrected chi connectivity index (χ1v) is 12.6. The Morgan fingerprint density at radius 3 is 2.40 bits per heavy atom. The van der Waals surface area contributed by atoms with Gasteiger partial charge in [-0.3, -0.25) is 14.6 Å². The lowest BCUT2D eigenvalue weighted by atomic mass is 9.97. The van der Waals surface area contributed by atoms with Gasteiger partial charge in [-0.05, 0) is 70.9 Å². The molecule has 5 N–H and O–H groups in total. The van der Waals surface area contributed by atoms with Gasteiger partial charge in [0.2, 0.25) is 5.91 Å². The second-order valence-corrected chi connectivity index (χ2v) is 9.43. The van der Waals surface area contributed by atoms with Gasteiger partial charge in [0, 0.05) is 29.3 Å². The molecule has 0 aromatic heterocycles. The van der Waals surface area contributed by atoms with Crippen LogP contribution in [0.25, 0.3) is 0 Å². The summed E-state index contributed by atoms with van der Waals surface area (Å²) in [6.07, 6.45) is 11.3. The van der Waals surface area contributed by atoms with Crippen molar-refractivity contribution in [3.8, 4) is 0 Å². The molecule has 0 fully saturated rings. The summed E-state index contributed by atoms with van der Waals surface area (Å²) in [5.74, 6) is -2.56. The number of benzene rings is 1. The van der Waals surface area contributed by atoms with Crippen LogP contribution in [-0.4, -0.2) is 35.9 Å². The summed E-state index contributed by atoms with van der Waals surface area (Å²) in [7, 11) is 1.72. The number of nitrogens with zero attached hydrogens (tertiary/aromatic N) is 2. The van der Waals surface area contributed by atoms with E-state index in [4.69, 9.17) is 11.1 Å². The summed E-state index contributed by atoms with van der Waals surface area (Å²) in [6.45, 7) is 9.99. The van der Waals surface area contributed by atoms with E-state index in [9.17, 15) is 18.4 Å². The summed E-state index contributed by atoms with van der Waals surface area (Å²) in [5, 5.41) is 19.4. The van der Waals surface area contributed by atoms with Crippen molar-refractivity contribution in [3.05, 3.63) is 98.8 Å². The van der Waals surface area contributed by atoms with Crippen molar-refractivity contribution in [1.82, 2.24) is 10.3 Å². The molecule has 0 aliphatic rings. The molecule has 0 aliphatic heterocycles. The topological polar surface area (TPSA) is 124 Å². The molecule has 0 aliphatic carbocycles. The molecule has 0 atom stereocenters. The Morgan fingerprint density at radius 2 is 1.82 bits per heavy atom. The van der Waals surface area contributed by atoms with Crippen LogP contribution >= 0.6 is 12.6 Å². The van der Waals surface area contributed by atoms with Gasteiger partial charge in [0.15, 0.2) is 0 Å². The van der Waals surface area contributed by atoms with E-state index in [0.29, 0.717) is 5.57 Å². The molecule has 8 nitrogen and oxygen atoms in total. The predicted octanol–water partition coefficient (Wildman–Crippen LogP) is 5.70. The maximum absolute atomic E-state index is 15.0. The fraction of sp³-hybridized carbons (Fsp3) is 0.241. The third-order valence-electron chi connectivity index (χ3n) is 5.62. The Kier molecular flexibility index (Phi) is 13.5. The van der Waals surface area contributed by atoms with Crippen LogP contribution in [0, 0.1) is 25.1 Å². The second kappa shape index (κ2) is 16.0. The van der Waals surface area contributed by atoms with Crippen molar-refractivity contribution in [2.75, 3.05) is 12.4 Å². The summed E-state index contributed by atoms with van der Waals surface area (Å²) in [4.78, 5) is 24.8. The number of nitrogens with two attached hydrogens (primary N) is 1. The SMILES string of the molecule is C/C=C(/C)N(C)/N=C/N/C(=C/C(=N)c1cc(C)c(F)c(NC(=O)/C=C/C(C)=C/C=C\C(F)=C(/C)S)c1C)C(N)=O. The zero-order valence-electron chi connectivity index (χ0n) is 23.7. The highest BCUT2D eigenvalue weighted by atomic mass is 32.1. The van der Waals surface area contributed by atoms with Crippen LogP contribution < -0.4 is 16.4 Å². The van der Waals surface area contributed by atoms with Crippen LogP contribution in [0.5, 0.6) is 0 Å². The molecule has 0 unspecified atom stereocenters. The molecule has 1 rings (SSSR count). The number of anilines is 1. The second-order valence-electron chi connectivity index (χ2n) is 8.76. The Morgan fingerprint density at radius 1 is 1.18 bits per heavy atom. The van der Waals surface area contributed by atoms with Gasteiger partial charge in [-0.1, -0.05) is 29.9 Å². The maximum atomic E-state index is 15.0. The molecular formula is C29H36F2N6O2S. The van der Waals surface area contributed by atoms with E-state index in [1.165, 1.54) is 56.6 Å². The Balaban J connectivity index is 3.21. The van der Waals surface area contributed by atoms with Crippen LogP contribution in [0.2, 0.25) is 0 Å². The molecule has 0 saturated heterocycles. The minimum absolute atomic E-state index is 0.0978. The standard InChI is InChI=1S/C29H36F2N6O2S/c1-8-19(4)37(7)35-16-34-25(29(33)39)15-24(32)22-14-18(3)27(31)28(20(22)5)36-26(38)13-12-17(2)10-9-11-23(30)21(6)40/h8-16,32,40H,1-7H3,(H2,33,39)(H,34,35)(H,36,38)/b11-9-,13-12+,17-10+,19-8-,23-21-,25-15+,32-24?. The van der Waals surface area contributed by atoms with Gasteiger partial charge in [0.05, 0.1) is 11.4 Å². The third-order valence-corrected chi connectivity index (χ3v) is 5.84. The highest BCUT2D eigenvalue weighted by Crippen LogP contribution is 2.27. The van der Waals surface area contributed by atoms with Gasteiger partial charge >= 0.3 is 0 Å². The number of allylic oxidation sites excluding steroid dienone is 10. The molecule has 0 heterocycles. The Hall–Kier alpha value is -4.25. The number of aryl methyl sites for hydroxylation is 1. The lowest BCUT2D eigenvalue weighted by molar-refractivity contribution is -0.115. The number of rotatable bonds is 12. The highest BCUT2D eigenvalue weighted by molar-refractivity contribution is 7.84. The minimum Gasteiger partial charge on any atom is -0.364 e. The van der Waals surface area contributed by atoms with Crippen molar-refractivity contribution < 1.29 is 18.4 Å². The van der Waals surface area contributed by atoms with E-state index >= 15 is 0 Å². The predicted molar refractivity (Wildman–Crippen MR) is 162 cm³/mol. The average molecular weight is 571 g/mol. The molecular weight excluding hydrogens is 534 g/mol. The molecule has 0 saturated carbocycles. The summed E-state index contributed by atoms with van der Waals surface area (Å²) in [5.41, 5.74) is 7.39. The number of primary amides is 1. The lowest BCUT2D eigenvalue weighted by Crippen LogP contribution is -2.27. The molecule has 1 aromatic rings. The Bertz CT molecular complexity index is 1370. The molecule has 0 spiro atoms. The van der Waals surface area contributed by atoms with Gasteiger partial charge in [0.1, 0.15) is 23.7 Å². The van der Waals surface area contributed by atoms with Crippen LogP contribution in [0.4, 0.5) is 14.5 Å². The molecule has 2 amide bonds. The van der Waals surface area contributed by atoms with Gasteiger partial charge < -0.3 is 21.8 Å². The monoisotopic (exact) mass is 570 g/mol. The van der Waals surface area contributed by atoms with Crippen molar-refractivity contribution in [3.63, 3.8) is 0 Å². The average Bonchev–Trinajstić information content (AvgIpc) is 2.90. The fourth-order valence-corrected chi connectivity index (χ4v) is 3.09. The van der Waals surface area contributed by atoms with E-state index in [1.54, 1.807) is 32.0 Å². The normalized spacial score (nSPS) is 13.7. The van der Waals surface area contributed by atoms with Crippen LogP contribution in [0.3, 0.4) is 0 Å². The van der Waals surface area contributed by atoms with E-state index in [1.807, 2.05) is 19.9 Å². The summed E-state index contributed by atoms with van der Waals surface area (Å²) < 4.78 is 28.5. The van der Waals surface area contributed by atoms with Crippen molar-refractivity contribution in [2.24, 2.45) is 10.8 Å². The number of halogens is 2. The number of hydrogen-bond donors (Lipinski definition) is 5. The summed E-state index contributed by atoms with van der Waals surface area (Å²) >= 11 is 3.92. The van der Waals surface area contributed by atoms with Crippen LogP contribution in [0.1, 0.15) is 44.4 Å². The number of amides is 2. The summed E-state index contributed by atoms with van der Waals surface area (Å²) in [6, 6.07) is 1.45. The molecule has 40 heavy (non-hydrogen) atoms. The first-order valence-electron chi connectivity index (χ1n) is 12.1. The van der Waals surface area contributed by atoms with Crippen LogP contribution in [-0.2, 0) is 9.59 Å². The number of thiol groups is 1. The van der Waals surface area contributed by atoms with Crippen molar-refractivity contribution in [1.29, 1.82) is 5.41 Å². The maximum Gasteiger partial charge on any atom is 0.265 e. The lowest BCUT2D eigenvalue weighted by Gasteiger charge is -2.15. The number of nitrogens with one attached hydrogen (secondary N) is 3. The van der Waals surface area contributed by atoms with Gasteiger partial charge in [-0.2, -0.15) is 5.10 Å². The van der Waals surface area contributed by atoms with E-state index in [0.717, 1.165) is 5.70 Å². The first-order chi connectivity index (χ1) is 18.7. The molecule has 1 aromatic carbocycles.